The fourth-order valence-electron chi connectivity index (χ4n) is 4.35. The van der Waals surface area contributed by atoms with E-state index in [4.69, 9.17) is 4.52 Å². The van der Waals surface area contributed by atoms with Crippen LogP contribution < -0.4 is 5.32 Å². The second-order valence-electron chi connectivity index (χ2n) is 9.86. The first-order chi connectivity index (χ1) is 18.3. The van der Waals surface area contributed by atoms with Gasteiger partial charge in [-0.1, -0.05) is 88.8 Å². The molecule has 0 aliphatic carbocycles. The molecule has 0 fully saturated rings. The molecule has 0 saturated carbocycles. The summed E-state index contributed by atoms with van der Waals surface area (Å²) in [4.78, 5) is 4.27. The number of anilines is 1. The lowest BCUT2D eigenvalue weighted by Crippen LogP contribution is -2.16. The predicted octanol–water partition coefficient (Wildman–Crippen LogP) is 9.86. The van der Waals surface area contributed by atoms with Crippen molar-refractivity contribution in [3.8, 4) is 11.4 Å². The normalized spacial score (nSPS) is 12.9. The Hall–Kier alpha value is -3.82. The summed E-state index contributed by atoms with van der Waals surface area (Å²) in [6, 6.07) is 15.6. The monoisotopic (exact) mass is 563 g/mol. The number of halogens is 6. The van der Waals surface area contributed by atoms with Crippen molar-refractivity contribution in [2.24, 2.45) is 0 Å². The van der Waals surface area contributed by atoms with Gasteiger partial charge in [-0.05, 0) is 46.7 Å². The van der Waals surface area contributed by atoms with Crippen LogP contribution in [0.5, 0.6) is 0 Å². The van der Waals surface area contributed by atoms with Crippen molar-refractivity contribution in [3.05, 3.63) is 100 Å². The zero-order valence-electron chi connectivity index (χ0n) is 21.7. The number of hydrogen-bond acceptors (Lipinski definition) is 4. The third kappa shape index (κ3) is 6.66. The molecular weight excluding hydrogens is 532 g/mol. The highest BCUT2D eigenvalue weighted by molar-refractivity contribution is 5.62. The van der Waals surface area contributed by atoms with Crippen LogP contribution in [0.4, 0.5) is 32.0 Å². The molecule has 1 heterocycles. The molecule has 214 valence electrons. The van der Waals surface area contributed by atoms with Crippen molar-refractivity contribution < 1.29 is 30.9 Å². The number of rotatable bonds is 7. The van der Waals surface area contributed by atoms with E-state index in [0.717, 1.165) is 22.4 Å². The second kappa shape index (κ2) is 11.7. The summed E-state index contributed by atoms with van der Waals surface area (Å²) < 4.78 is 86.0. The highest BCUT2D eigenvalue weighted by Crippen LogP contribution is 2.40. The van der Waals surface area contributed by atoms with Crippen molar-refractivity contribution in [1.82, 2.24) is 10.1 Å². The Bertz CT molecular complexity index is 1370. The third-order valence-electron chi connectivity index (χ3n) is 6.33. The molecule has 0 amide bonds. The number of nitrogens with zero attached hydrogens (tertiary/aromatic N) is 2. The summed E-state index contributed by atoms with van der Waals surface area (Å²) in [5.41, 5.74) is 0.289. The van der Waals surface area contributed by atoms with Crippen LogP contribution in [0, 0.1) is 0 Å². The number of aromatic nitrogens is 2. The van der Waals surface area contributed by atoms with Gasteiger partial charge in [0, 0.05) is 11.3 Å². The first-order valence-corrected chi connectivity index (χ1v) is 12.3. The average Bonchev–Trinajstić information content (AvgIpc) is 3.36. The van der Waals surface area contributed by atoms with E-state index in [1.807, 2.05) is 36.4 Å². The quantitative estimate of drug-likeness (QED) is 0.227. The molecule has 0 aliphatic heterocycles. The molecule has 1 unspecified atom stereocenters. The van der Waals surface area contributed by atoms with Crippen LogP contribution in [0.25, 0.3) is 11.4 Å². The average molecular weight is 564 g/mol. The first-order valence-electron chi connectivity index (χ1n) is 12.3. The maximum absolute atomic E-state index is 13.4. The topological polar surface area (TPSA) is 51.0 Å². The summed E-state index contributed by atoms with van der Waals surface area (Å²) in [7, 11) is 0. The van der Waals surface area contributed by atoms with Crippen LogP contribution in [-0.4, -0.2) is 10.1 Å². The lowest BCUT2D eigenvalue weighted by atomic mass is 9.91. The molecule has 0 radical (unpaired) electrons. The van der Waals surface area contributed by atoms with Gasteiger partial charge in [0.15, 0.2) is 0 Å². The molecule has 0 saturated heterocycles. The fraction of sp³-hybridized carbons (Fsp3) is 0.333. The van der Waals surface area contributed by atoms with E-state index in [-0.39, 0.29) is 37.0 Å². The van der Waals surface area contributed by atoms with Gasteiger partial charge >= 0.3 is 12.4 Å². The minimum atomic E-state index is -5.00. The van der Waals surface area contributed by atoms with Crippen LogP contribution in [-0.2, 0) is 12.4 Å². The smallest absolute Gasteiger partial charge is 0.370 e. The highest BCUT2D eigenvalue weighted by Gasteiger charge is 2.37. The largest absolute Gasteiger partial charge is 0.416 e. The molecule has 40 heavy (non-hydrogen) atoms. The van der Waals surface area contributed by atoms with Crippen molar-refractivity contribution >= 4 is 5.69 Å². The van der Waals surface area contributed by atoms with Crippen molar-refractivity contribution in [2.45, 2.75) is 65.4 Å². The van der Waals surface area contributed by atoms with Gasteiger partial charge < -0.3 is 9.84 Å². The van der Waals surface area contributed by atoms with Gasteiger partial charge in [0.05, 0.1) is 11.1 Å². The van der Waals surface area contributed by atoms with Gasteiger partial charge in [0.2, 0.25) is 5.82 Å². The Morgan fingerprint density at radius 2 is 1.25 bits per heavy atom. The number of alkyl halides is 6. The standard InChI is InChI=1S/C29H27F6N3O.CH4/c1-16(2)22-11-8-12-23(17(3)4)25(22)36-24(18-9-6-5-7-10-18)27-37-26(38-39-27)19-13-20(28(30,31)32)15-21(14-19)29(33,34)35;/h5-17,24,36H,1-4H3;1H4. The Labute approximate surface area is 229 Å². The van der Waals surface area contributed by atoms with Gasteiger partial charge in [0.25, 0.3) is 5.89 Å². The number of nitrogens with one attached hydrogen (secondary N) is 1. The Morgan fingerprint density at radius 1 is 0.725 bits per heavy atom. The number of benzene rings is 3. The number of para-hydroxylation sites is 1. The molecular formula is C30H31F6N3O. The van der Waals surface area contributed by atoms with E-state index >= 15 is 0 Å². The Kier molecular flexibility index (Phi) is 9.01. The van der Waals surface area contributed by atoms with Crippen LogP contribution in [0.15, 0.2) is 71.3 Å². The van der Waals surface area contributed by atoms with Crippen LogP contribution in [0.2, 0.25) is 0 Å². The fourth-order valence-corrected chi connectivity index (χ4v) is 4.35. The first kappa shape index (κ1) is 30.7. The molecule has 10 heteroatoms. The summed E-state index contributed by atoms with van der Waals surface area (Å²) in [6.07, 6.45) is -9.99. The van der Waals surface area contributed by atoms with E-state index in [9.17, 15) is 26.3 Å². The molecule has 4 rings (SSSR count). The van der Waals surface area contributed by atoms with E-state index in [1.165, 1.54) is 0 Å². The molecule has 1 N–H and O–H groups in total. The zero-order chi connectivity index (χ0) is 28.5. The van der Waals surface area contributed by atoms with Crippen molar-refractivity contribution in [1.29, 1.82) is 0 Å². The van der Waals surface area contributed by atoms with Crippen molar-refractivity contribution in [2.75, 3.05) is 5.32 Å². The zero-order valence-corrected chi connectivity index (χ0v) is 21.7. The van der Waals surface area contributed by atoms with Gasteiger partial charge in [-0.2, -0.15) is 31.3 Å². The minimum Gasteiger partial charge on any atom is -0.370 e. The van der Waals surface area contributed by atoms with E-state index < -0.39 is 35.1 Å². The second-order valence-corrected chi connectivity index (χ2v) is 9.86. The van der Waals surface area contributed by atoms with Crippen LogP contribution in [0.1, 0.15) is 86.7 Å². The molecule has 0 bridgehead atoms. The van der Waals surface area contributed by atoms with E-state index in [1.54, 1.807) is 12.1 Å². The SMILES string of the molecule is C.CC(C)c1cccc(C(C)C)c1NC(c1ccccc1)c1nc(-c2cc(C(F)(F)F)cc(C(F)(F)F)c2)no1. The maximum atomic E-state index is 13.4. The molecule has 0 aliphatic rings. The summed E-state index contributed by atoms with van der Waals surface area (Å²) in [5, 5.41) is 7.27. The molecule has 1 aromatic heterocycles. The Morgan fingerprint density at radius 3 is 1.73 bits per heavy atom. The predicted molar refractivity (Wildman–Crippen MR) is 143 cm³/mol. The van der Waals surface area contributed by atoms with Gasteiger partial charge in [-0.15, -0.1) is 0 Å². The third-order valence-corrected chi connectivity index (χ3v) is 6.33. The van der Waals surface area contributed by atoms with Crippen LogP contribution in [0.3, 0.4) is 0 Å². The lowest BCUT2D eigenvalue weighted by molar-refractivity contribution is -0.143. The number of hydrogen-bond donors (Lipinski definition) is 1. The molecule has 1 atom stereocenters. The minimum absolute atomic E-state index is 0. The summed E-state index contributed by atoms with van der Waals surface area (Å²) in [6.45, 7) is 8.22. The molecule has 4 nitrogen and oxygen atoms in total. The molecule has 0 spiro atoms. The molecule has 4 aromatic rings. The van der Waals surface area contributed by atoms with Gasteiger partial charge in [0.1, 0.15) is 6.04 Å². The maximum Gasteiger partial charge on any atom is 0.416 e. The van der Waals surface area contributed by atoms with E-state index in [0.29, 0.717) is 12.1 Å². The van der Waals surface area contributed by atoms with E-state index in [2.05, 4.69) is 43.2 Å². The van der Waals surface area contributed by atoms with Crippen LogP contribution >= 0.6 is 0 Å². The summed E-state index contributed by atoms with van der Waals surface area (Å²) in [5.74, 6) is -0.0699. The highest BCUT2D eigenvalue weighted by atomic mass is 19.4. The van der Waals surface area contributed by atoms with Crippen molar-refractivity contribution in [3.63, 3.8) is 0 Å². The lowest BCUT2D eigenvalue weighted by Gasteiger charge is -2.25. The Balaban J connectivity index is 0.00000441. The van der Waals surface area contributed by atoms with Gasteiger partial charge in [-0.25, -0.2) is 0 Å². The van der Waals surface area contributed by atoms with Gasteiger partial charge in [-0.3, -0.25) is 0 Å². The molecule has 3 aromatic carbocycles. The summed E-state index contributed by atoms with van der Waals surface area (Å²) >= 11 is 0.